The van der Waals surface area contributed by atoms with E-state index in [1.807, 2.05) is 19.1 Å². The van der Waals surface area contributed by atoms with Crippen molar-refractivity contribution < 1.29 is 19.1 Å². The normalized spacial score (nSPS) is 10.1. The van der Waals surface area contributed by atoms with Crippen molar-refractivity contribution in [1.82, 2.24) is 0 Å². The molecule has 24 heavy (non-hydrogen) atoms. The highest BCUT2D eigenvalue weighted by Crippen LogP contribution is 2.27. The molecule has 6 heteroatoms. The number of hydrogen-bond donors (Lipinski definition) is 1. The first-order chi connectivity index (χ1) is 11.5. The molecular weight excluding hydrogens is 330 g/mol. The van der Waals surface area contributed by atoms with Crippen LogP contribution in [-0.2, 0) is 16.0 Å². The molecule has 1 amide bonds. The van der Waals surface area contributed by atoms with E-state index in [0.29, 0.717) is 22.0 Å². The van der Waals surface area contributed by atoms with Gasteiger partial charge in [-0.1, -0.05) is 30.7 Å². The second kappa shape index (κ2) is 8.36. The molecule has 2 rings (SSSR count). The van der Waals surface area contributed by atoms with E-state index >= 15 is 0 Å². The van der Waals surface area contributed by atoms with Gasteiger partial charge in [-0.15, -0.1) is 0 Å². The number of rotatable bonds is 6. The molecule has 0 bridgehead atoms. The van der Waals surface area contributed by atoms with Crippen molar-refractivity contribution in [2.24, 2.45) is 0 Å². The van der Waals surface area contributed by atoms with Crippen molar-refractivity contribution in [3.63, 3.8) is 0 Å². The number of halogens is 1. The summed E-state index contributed by atoms with van der Waals surface area (Å²) >= 11 is 5.90. The van der Waals surface area contributed by atoms with Gasteiger partial charge in [-0.3, -0.25) is 4.79 Å². The highest BCUT2D eigenvalue weighted by atomic mass is 35.5. The Hall–Kier alpha value is -2.53. The molecule has 0 aliphatic heterocycles. The van der Waals surface area contributed by atoms with Crippen LogP contribution in [0.25, 0.3) is 0 Å². The van der Waals surface area contributed by atoms with Crippen molar-refractivity contribution in [1.29, 1.82) is 0 Å². The molecule has 0 aliphatic rings. The van der Waals surface area contributed by atoms with E-state index < -0.39 is 18.5 Å². The van der Waals surface area contributed by atoms with Crippen LogP contribution in [0, 0.1) is 0 Å². The van der Waals surface area contributed by atoms with Gasteiger partial charge < -0.3 is 14.8 Å². The summed E-state index contributed by atoms with van der Waals surface area (Å²) in [6, 6.07) is 11.9. The van der Waals surface area contributed by atoms with Crippen LogP contribution in [0.1, 0.15) is 22.8 Å². The average Bonchev–Trinajstić information content (AvgIpc) is 2.60. The lowest BCUT2D eigenvalue weighted by Crippen LogP contribution is -2.21. The number of benzene rings is 2. The summed E-state index contributed by atoms with van der Waals surface area (Å²) < 4.78 is 10.2. The number of anilines is 1. The van der Waals surface area contributed by atoms with Crippen molar-refractivity contribution in [3.8, 4) is 5.75 Å². The number of esters is 1. The van der Waals surface area contributed by atoms with Crippen LogP contribution < -0.4 is 10.1 Å². The second-order valence-electron chi connectivity index (χ2n) is 5.02. The molecule has 5 nitrogen and oxygen atoms in total. The minimum absolute atomic E-state index is 0.399. The zero-order valence-corrected chi connectivity index (χ0v) is 14.2. The molecular formula is C18H18ClNO4. The van der Waals surface area contributed by atoms with Gasteiger partial charge in [-0.05, 0) is 42.3 Å². The largest absolute Gasteiger partial charge is 0.495 e. The number of aryl methyl sites for hydroxylation is 1. The van der Waals surface area contributed by atoms with E-state index in [1.165, 1.54) is 7.11 Å². The minimum Gasteiger partial charge on any atom is -0.495 e. The fourth-order valence-corrected chi connectivity index (χ4v) is 2.23. The smallest absolute Gasteiger partial charge is 0.338 e. The van der Waals surface area contributed by atoms with Gasteiger partial charge in [0.1, 0.15) is 5.75 Å². The Kier molecular flexibility index (Phi) is 6.21. The minimum atomic E-state index is -0.550. The molecule has 0 fully saturated rings. The van der Waals surface area contributed by atoms with Crippen molar-refractivity contribution >= 4 is 29.2 Å². The number of nitrogens with one attached hydrogen (secondary N) is 1. The predicted molar refractivity (Wildman–Crippen MR) is 92.7 cm³/mol. The maximum Gasteiger partial charge on any atom is 0.338 e. The molecule has 0 spiro atoms. The van der Waals surface area contributed by atoms with Crippen LogP contribution in [-0.4, -0.2) is 25.6 Å². The Morgan fingerprint density at radius 1 is 1.12 bits per heavy atom. The highest BCUT2D eigenvalue weighted by Gasteiger charge is 2.12. The lowest BCUT2D eigenvalue weighted by Gasteiger charge is -2.11. The van der Waals surface area contributed by atoms with Crippen molar-refractivity contribution in [3.05, 3.63) is 58.6 Å². The summed E-state index contributed by atoms with van der Waals surface area (Å²) in [6.45, 7) is 1.63. The second-order valence-corrected chi connectivity index (χ2v) is 5.46. The number of hydrogen-bond acceptors (Lipinski definition) is 4. The van der Waals surface area contributed by atoms with Crippen molar-refractivity contribution in [2.45, 2.75) is 13.3 Å². The Morgan fingerprint density at radius 3 is 2.46 bits per heavy atom. The third kappa shape index (κ3) is 4.73. The Labute approximate surface area is 145 Å². The Balaban J connectivity index is 1.93. The monoisotopic (exact) mass is 347 g/mol. The number of carbonyl (C=O) groups is 2. The van der Waals surface area contributed by atoms with E-state index in [2.05, 4.69) is 5.32 Å². The number of methoxy groups -OCH3 is 1. The molecule has 0 heterocycles. The SMILES string of the molecule is CCc1ccc(C(=O)OCC(=O)Nc2cc(Cl)ccc2OC)cc1. The van der Waals surface area contributed by atoms with Crippen LogP contribution in [0.4, 0.5) is 5.69 Å². The Bertz CT molecular complexity index is 728. The predicted octanol–water partition coefficient (Wildman–Crippen LogP) is 3.71. The molecule has 0 radical (unpaired) electrons. The lowest BCUT2D eigenvalue weighted by molar-refractivity contribution is -0.119. The fraction of sp³-hybridized carbons (Fsp3) is 0.222. The third-order valence-corrected chi connectivity index (χ3v) is 3.60. The summed E-state index contributed by atoms with van der Waals surface area (Å²) in [7, 11) is 1.49. The van der Waals surface area contributed by atoms with Gasteiger partial charge in [0.25, 0.3) is 5.91 Å². The van der Waals surface area contributed by atoms with Gasteiger partial charge in [0.15, 0.2) is 6.61 Å². The van der Waals surface area contributed by atoms with E-state index in [4.69, 9.17) is 21.1 Å². The van der Waals surface area contributed by atoms with Crippen LogP contribution in [0.3, 0.4) is 0 Å². The van der Waals surface area contributed by atoms with Crippen molar-refractivity contribution in [2.75, 3.05) is 19.0 Å². The van der Waals surface area contributed by atoms with Gasteiger partial charge in [0.2, 0.25) is 0 Å². The van der Waals surface area contributed by atoms with Gasteiger partial charge in [0.05, 0.1) is 18.4 Å². The summed E-state index contributed by atoms with van der Waals surface area (Å²) in [5, 5.41) is 3.06. The van der Waals surface area contributed by atoms with E-state index in [9.17, 15) is 9.59 Å². The molecule has 2 aromatic rings. The zero-order valence-electron chi connectivity index (χ0n) is 13.5. The first-order valence-corrected chi connectivity index (χ1v) is 7.80. The Morgan fingerprint density at radius 2 is 1.83 bits per heavy atom. The highest BCUT2D eigenvalue weighted by molar-refractivity contribution is 6.31. The summed E-state index contributed by atoms with van der Waals surface area (Å²) in [5.41, 5.74) is 1.94. The molecule has 0 atom stereocenters. The van der Waals surface area contributed by atoms with E-state index in [0.717, 1.165) is 12.0 Å². The average molecular weight is 348 g/mol. The first-order valence-electron chi connectivity index (χ1n) is 7.43. The lowest BCUT2D eigenvalue weighted by atomic mass is 10.1. The quantitative estimate of drug-likeness (QED) is 0.809. The fourth-order valence-electron chi connectivity index (χ4n) is 2.06. The molecule has 2 aromatic carbocycles. The van der Waals surface area contributed by atoms with Gasteiger partial charge in [-0.25, -0.2) is 4.79 Å². The summed E-state index contributed by atoms with van der Waals surface area (Å²) in [4.78, 5) is 23.9. The third-order valence-electron chi connectivity index (χ3n) is 3.37. The summed E-state index contributed by atoms with van der Waals surface area (Å²) in [5.74, 6) is -0.561. The van der Waals surface area contributed by atoms with Gasteiger partial charge in [0, 0.05) is 5.02 Å². The molecule has 1 N–H and O–H groups in total. The molecule has 126 valence electrons. The van der Waals surface area contributed by atoms with Gasteiger partial charge >= 0.3 is 5.97 Å². The number of carbonyl (C=O) groups excluding carboxylic acids is 2. The molecule has 0 aromatic heterocycles. The number of ether oxygens (including phenoxy) is 2. The van der Waals surface area contributed by atoms with Crippen LogP contribution in [0.15, 0.2) is 42.5 Å². The zero-order chi connectivity index (χ0) is 17.5. The topological polar surface area (TPSA) is 64.6 Å². The number of amides is 1. The van der Waals surface area contributed by atoms with Crippen LogP contribution >= 0.6 is 11.6 Å². The summed E-state index contributed by atoms with van der Waals surface area (Å²) in [6.07, 6.45) is 0.888. The maximum atomic E-state index is 11.9. The first kappa shape index (κ1) is 17.8. The standard InChI is InChI=1S/C18H18ClNO4/c1-3-12-4-6-13(7-5-12)18(22)24-11-17(21)20-15-10-14(19)8-9-16(15)23-2/h4-10H,3,11H2,1-2H3,(H,20,21). The van der Waals surface area contributed by atoms with Crippen LogP contribution in [0.5, 0.6) is 5.75 Å². The van der Waals surface area contributed by atoms with E-state index in [-0.39, 0.29) is 0 Å². The molecule has 0 unspecified atom stereocenters. The van der Waals surface area contributed by atoms with E-state index in [1.54, 1.807) is 30.3 Å². The molecule has 0 saturated heterocycles. The maximum absolute atomic E-state index is 11.9. The molecule has 0 aliphatic carbocycles. The molecule has 0 saturated carbocycles. The van der Waals surface area contributed by atoms with Gasteiger partial charge in [-0.2, -0.15) is 0 Å². The van der Waals surface area contributed by atoms with Crippen LogP contribution in [0.2, 0.25) is 5.02 Å².